The number of rotatable bonds is 5. The van der Waals surface area contributed by atoms with E-state index in [1.165, 1.54) is 0 Å². The lowest BCUT2D eigenvalue weighted by Crippen LogP contribution is -2.00. The molecule has 0 radical (unpaired) electrons. The average molecular weight is 353 g/mol. The van der Waals surface area contributed by atoms with Gasteiger partial charge in [0.25, 0.3) is 0 Å². The molecule has 0 bridgehead atoms. The lowest BCUT2D eigenvalue weighted by atomic mass is 10.2. The maximum absolute atomic E-state index is 5.79. The van der Waals surface area contributed by atoms with Crippen LogP contribution in [0.2, 0.25) is 0 Å². The molecule has 0 saturated heterocycles. The number of hydrogen-bond acceptors (Lipinski definition) is 5. The van der Waals surface area contributed by atoms with Crippen molar-refractivity contribution in [2.45, 2.75) is 19.8 Å². The third-order valence-corrected chi connectivity index (χ3v) is 3.16. The fraction of sp³-hybridized carbons (Fsp3) is 0.333. The first-order valence-electron chi connectivity index (χ1n) is 6.47. The van der Waals surface area contributed by atoms with Gasteiger partial charge >= 0.3 is 0 Å². The van der Waals surface area contributed by atoms with Gasteiger partial charge in [0.15, 0.2) is 0 Å². The number of halogens is 1. The quantitative estimate of drug-likeness (QED) is 0.755. The van der Waals surface area contributed by atoms with Crippen LogP contribution in [-0.4, -0.2) is 24.2 Å². The summed E-state index contributed by atoms with van der Waals surface area (Å²) in [6.07, 6.45) is 0. The van der Waals surface area contributed by atoms with E-state index in [0.29, 0.717) is 33.6 Å². The Morgan fingerprint density at radius 1 is 0.905 bits per heavy atom. The van der Waals surface area contributed by atoms with Gasteiger partial charge in [-0.2, -0.15) is 4.98 Å². The molecule has 0 aliphatic heterocycles. The molecule has 1 heterocycles. The number of benzene rings is 1. The highest BCUT2D eigenvalue weighted by atomic mass is 79.9. The van der Waals surface area contributed by atoms with Crippen LogP contribution in [-0.2, 0) is 0 Å². The highest BCUT2D eigenvalue weighted by Crippen LogP contribution is 2.31. The van der Waals surface area contributed by atoms with Crippen molar-refractivity contribution in [2.24, 2.45) is 0 Å². The van der Waals surface area contributed by atoms with E-state index in [-0.39, 0.29) is 5.92 Å². The second-order valence-electron chi connectivity index (χ2n) is 4.69. The summed E-state index contributed by atoms with van der Waals surface area (Å²) < 4.78 is 16.9. The molecule has 21 heavy (non-hydrogen) atoms. The number of methoxy groups -OCH3 is 2. The van der Waals surface area contributed by atoms with E-state index >= 15 is 0 Å². The smallest absolute Gasteiger partial charge is 0.223 e. The first-order chi connectivity index (χ1) is 10.0. The van der Waals surface area contributed by atoms with E-state index in [0.717, 1.165) is 0 Å². The van der Waals surface area contributed by atoms with Gasteiger partial charge in [0.1, 0.15) is 27.7 Å². The molecule has 1 aromatic carbocycles. The molecule has 0 amide bonds. The third-order valence-electron chi connectivity index (χ3n) is 2.75. The molecule has 0 spiro atoms. The van der Waals surface area contributed by atoms with E-state index < -0.39 is 0 Å². The Morgan fingerprint density at radius 3 is 2.00 bits per heavy atom. The fourth-order valence-corrected chi connectivity index (χ4v) is 2.06. The molecule has 5 nitrogen and oxygen atoms in total. The summed E-state index contributed by atoms with van der Waals surface area (Å²) in [4.78, 5) is 8.71. The third kappa shape index (κ3) is 4.07. The Hall–Kier alpha value is -1.82. The van der Waals surface area contributed by atoms with Crippen LogP contribution in [0, 0.1) is 0 Å². The summed E-state index contributed by atoms with van der Waals surface area (Å²) in [5.74, 6) is 3.30. The molecule has 0 aliphatic rings. The topological polar surface area (TPSA) is 53.5 Å². The monoisotopic (exact) mass is 352 g/mol. The van der Waals surface area contributed by atoms with Crippen LogP contribution in [0.3, 0.4) is 0 Å². The fourth-order valence-electron chi connectivity index (χ4n) is 1.69. The molecule has 112 valence electrons. The molecule has 1 aromatic heterocycles. The van der Waals surface area contributed by atoms with Gasteiger partial charge in [-0.25, -0.2) is 4.98 Å². The molecule has 0 fully saturated rings. The second kappa shape index (κ2) is 6.76. The van der Waals surface area contributed by atoms with Gasteiger partial charge < -0.3 is 14.2 Å². The molecular weight excluding hydrogens is 336 g/mol. The largest absolute Gasteiger partial charge is 0.496 e. The molecule has 6 heteroatoms. The van der Waals surface area contributed by atoms with Crippen molar-refractivity contribution in [3.63, 3.8) is 0 Å². The summed E-state index contributed by atoms with van der Waals surface area (Å²) in [6.45, 7) is 4.06. The predicted molar refractivity (Wildman–Crippen MR) is 83.4 cm³/mol. The van der Waals surface area contributed by atoms with Crippen molar-refractivity contribution in [3.05, 3.63) is 34.7 Å². The standard InChI is InChI=1S/C15H17BrN2O3/c1-9(2)15-17-13(16)8-14(18-15)21-12-6-10(19-3)5-11(7-12)20-4/h5-9H,1-4H3. The summed E-state index contributed by atoms with van der Waals surface area (Å²) in [5, 5.41) is 0. The number of aromatic nitrogens is 2. The zero-order chi connectivity index (χ0) is 15.4. The van der Waals surface area contributed by atoms with Crippen LogP contribution in [0.5, 0.6) is 23.1 Å². The second-order valence-corrected chi connectivity index (χ2v) is 5.50. The van der Waals surface area contributed by atoms with Crippen molar-refractivity contribution in [1.82, 2.24) is 9.97 Å². The van der Waals surface area contributed by atoms with Crippen LogP contribution >= 0.6 is 15.9 Å². The van der Waals surface area contributed by atoms with E-state index in [1.54, 1.807) is 38.5 Å². The van der Waals surface area contributed by atoms with Gasteiger partial charge in [0, 0.05) is 30.2 Å². The van der Waals surface area contributed by atoms with E-state index in [9.17, 15) is 0 Å². The molecule has 0 unspecified atom stereocenters. The SMILES string of the molecule is COc1cc(OC)cc(Oc2cc(Br)nc(C(C)C)n2)c1. The van der Waals surface area contributed by atoms with Gasteiger partial charge in [-0.1, -0.05) is 13.8 Å². The first kappa shape index (κ1) is 15.6. The summed E-state index contributed by atoms with van der Waals surface area (Å²) in [6, 6.07) is 7.04. The predicted octanol–water partition coefficient (Wildman–Crippen LogP) is 4.17. The minimum Gasteiger partial charge on any atom is -0.496 e. The van der Waals surface area contributed by atoms with Gasteiger partial charge in [0.05, 0.1) is 14.2 Å². The molecule has 2 aromatic rings. The molecule has 0 saturated carbocycles. The lowest BCUT2D eigenvalue weighted by molar-refractivity contribution is 0.384. The van der Waals surface area contributed by atoms with E-state index in [1.807, 2.05) is 13.8 Å². The summed E-state index contributed by atoms with van der Waals surface area (Å²) in [5.41, 5.74) is 0. The van der Waals surface area contributed by atoms with Crippen molar-refractivity contribution < 1.29 is 14.2 Å². The normalized spacial score (nSPS) is 10.6. The van der Waals surface area contributed by atoms with Crippen molar-refractivity contribution in [3.8, 4) is 23.1 Å². The van der Waals surface area contributed by atoms with Gasteiger partial charge in [-0.15, -0.1) is 0 Å². The molecular formula is C15H17BrN2O3. The zero-order valence-corrected chi connectivity index (χ0v) is 14.0. The molecule has 0 N–H and O–H groups in total. The van der Waals surface area contributed by atoms with Crippen LogP contribution in [0.15, 0.2) is 28.9 Å². The average Bonchev–Trinajstić information content (AvgIpc) is 2.46. The Labute approximate surface area is 132 Å². The van der Waals surface area contributed by atoms with E-state index in [4.69, 9.17) is 14.2 Å². The molecule has 0 aliphatic carbocycles. The highest BCUT2D eigenvalue weighted by molar-refractivity contribution is 9.10. The highest BCUT2D eigenvalue weighted by Gasteiger charge is 2.10. The zero-order valence-electron chi connectivity index (χ0n) is 12.4. The van der Waals surface area contributed by atoms with Crippen LogP contribution in [0.4, 0.5) is 0 Å². The Morgan fingerprint density at radius 2 is 1.48 bits per heavy atom. The van der Waals surface area contributed by atoms with Crippen molar-refractivity contribution in [2.75, 3.05) is 14.2 Å². The Kier molecular flexibility index (Phi) is 5.01. The summed E-state index contributed by atoms with van der Waals surface area (Å²) in [7, 11) is 3.19. The van der Waals surface area contributed by atoms with Crippen LogP contribution in [0.25, 0.3) is 0 Å². The van der Waals surface area contributed by atoms with Crippen LogP contribution < -0.4 is 14.2 Å². The minimum atomic E-state index is 0.213. The molecule has 0 atom stereocenters. The summed E-state index contributed by atoms with van der Waals surface area (Å²) >= 11 is 3.37. The van der Waals surface area contributed by atoms with Crippen molar-refractivity contribution >= 4 is 15.9 Å². The van der Waals surface area contributed by atoms with Gasteiger partial charge in [-0.3, -0.25) is 0 Å². The first-order valence-corrected chi connectivity index (χ1v) is 7.26. The molecule has 2 rings (SSSR count). The van der Waals surface area contributed by atoms with Gasteiger partial charge in [0.2, 0.25) is 5.88 Å². The lowest BCUT2D eigenvalue weighted by Gasteiger charge is -2.11. The number of nitrogens with zero attached hydrogens (tertiary/aromatic N) is 2. The van der Waals surface area contributed by atoms with Crippen LogP contribution in [0.1, 0.15) is 25.6 Å². The Balaban J connectivity index is 2.33. The van der Waals surface area contributed by atoms with E-state index in [2.05, 4.69) is 25.9 Å². The van der Waals surface area contributed by atoms with Gasteiger partial charge in [-0.05, 0) is 15.9 Å². The maximum Gasteiger partial charge on any atom is 0.223 e. The number of ether oxygens (including phenoxy) is 3. The van der Waals surface area contributed by atoms with Crippen molar-refractivity contribution in [1.29, 1.82) is 0 Å². The maximum atomic E-state index is 5.79. The minimum absolute atomic E-state index is 0.213. The Bertz CT molecular complexity index is 610. The number of hydrogen-bond donors (Lipinski definition) is 0.